The number of amides is 1. The summed E-state index contributed by atoms with van der Waals surface area (Å²) in [4.78, 5) is 23.0. The Balaban J connectivity index is 1.70. The van der Waals surface area contributed by atoms with Gasteiger partial charge in [-0.05, 0) is 56.9 Å². The first-order chi connectivity index (χ1) is 9.58. The summed E-state index contributed by atoms with van der Waals surface area (Å²) in [6.45, 7) is 3.73. The summed E-state index contributed by atoms with van der Waals surface area (Å²) in [7, 11) is 0. The number of aliphatic carboxylic acids is 1. The van der Waals surface area contributed by atoms with Crippen LogP contribution in [0.25, 0.3) is 0 Å². The highest BCUT2D eigenvalue weighted by Gasteiger charge is 2.29. The number of nitrogens with one attached hydrogen (secondary N) is 2. The first-order valence-electron chi connectivity index (χ1n) is 7.82. The molecule has 2 unspecified atom stereocenters. The van der Waals surface area contributed by atoms with Crippen molar-refractivity contribution in [1.29, 1.82) is 0 Å². The fourth-order valence-electron chi connectivity index (χ4n) is 3.37. The summed E-state index contributed by atoms with van der Waals surface area (Å²) in [5.41, 5.74) is 0. The van der Waals surface area contributed by atoms with Crippen molar-refractivity contribution in [2.24, 2.45) is 17.8 Å². The molecule has 20 heavy (non-hydrogen) atoms. The molecule has 1 amide bonds. The molecule has 1 aliphatic heterocycles. The molecule has 0 aromatic carbocycles. The molecular weight excluding hydrogens is 256 g/mol. The van der Waals surface area contributed by atoms with Gasteiger partial charge in [-0.1, -0.05) is 6.92 Å². The minimum atomic E-state index is -0.673. The van der Waals surface area contributed by atoms with Crippen LogP contribution in [0.4, 0.5) is 0 Å². The summed E-state index contributed by atoms with van der Waals surface area (Å²) in [5.74, 6) is 0.0900. The predicted molar refractivity (Wildman–Crippen MR) is 76.3 cm³/mol. The third-order valence-corrected chi connectivity index (χ3v) is 4.81. The predicted octanol–water partition coefficient (Wildman–Crippen LogP) is 1.38. The second kappa shape index (κ2) is 7.07. The number of hydrogen-bond donors (Lipinski definition) is 3. The number of carbonyl (C=O) groups is 2. The summed E-state index contributed by atoms with van der Waals surface area (Å²) in [6.07, 6.45) is 5.55. The van der Waals surface area contributed by atoms with Gasteiger partial charge in [0.2, 0.25) is 5.91 Å². The highest BCUT2D eigenvalue weighted by atomic mass is 16.4. The van der Waals surface area contributed by atoms with E-state index in [9.17, 15) is 9.59 Å². The molecule has 2 fully saturated rings. The van der Waals surface area contributed by atoms with Gasteiger partial charge in [0.25, 0.3) is 0 Å². The van der Waals surface area contributed by atoms with Crippen LogP contribution in [0.2, 0.25) is 0 Å². The molecule has 0 bridgehead atoms. The SMILES string of the molecule is CC1CCCNC1C(=O)NCC1CCC(C(=O)O)CC1. The van der Waals surface area contributed by atoms with Crippen LogP contribution >= 0.6 is 0 Å². The van der Waals surface area contributed by atoms with E-state index in [1.807, 2.05) is 0 Å². The van der Waals surface area contributed by atoms with Crippen molar-refractivity contribution in [2.75, 3.05) is 13.1 Å². The molecule has 2 aliphatic rings. The highest BCUT2D eigenvalue weighted by molar-refractivity contribution is 5.82. The molecule has 1 saturated carbocycles. The number of hydrogen-bond acceptors (Lipinski definition) is 3. The van der Waals surface area contributed by atoms with Gasteiger partial charge < -0.3 is 15.7 Å². The second-order valence-electron chi connectivity index (χ2n) is 6.35. The van der Waals surface area contributed by atoms with Crippen molar-refractivity contribution in [1.82, 2.24) is 10.6 Å². The van der Waals surface area contributed by atoms with Crippen LogP contribution in [0.15, 0.2) is 0 Å². The van der Waals surface area contributed by atoms with E-state index in [4.69, 9.17) is 5.11 Å². The van der Waals surface area contributed by atoms with Crippen LogP contribution in [-0.4, -0.2) is 36.1 Å². The van der Waals surface area contributed by atoms with Crippen molar-refractivity contribution >= 4 is 11.9 Å². The zero-order valence-electron chi connectivity index (χ0n) is 12.2. The lowest BCUT2D eigenvalue weighted by molar-refractivity contribution is -0.143. The molecule has 0 spiro atoms. The normalized spacial score (nSPS) is 34.5. The highest BCUT2D eigenvalue weighted by Crippen LogP contribution is 2.28. The fourth-order valence-corrected chi connectivity index (χ4v) is 3.37. The van der Waals surface area contributed by atoms with E-state index in [1.54, 1.807) is 0 Å². The van der Waals surface area contributed by atoms with Crippen LogP contribution in [-0.2, 0) is 9.59 Å². The molecule has 0 aromatic heterocycles. The Morgan fingerprint density at radius 2 is 1.90 bits per heavy atom. The number of carboxylic acids is 1. The molecule has 0 aromatic rings. The minimum absolute atomic E-state index is 0.0564. The number of carboxylic acid groups (broad SMARTS) is 1. The van der Waals surface area contributed by atoms with Crippen LogP contribution in [0.3, 0.4) is 0 Å². The molecule has 1 heterocycles. The molecule has 114 valence electrons. The molecule has 1 aliphatic carbocycles. The monoisotopic (exact) mass is 282 g/mol. The number of carbonyl (C=O) groups excluding carboxylic acids is 1. The van der Waals surface area contributed by atoms with E-state index in [2.05, 4.69) is 17.6 Å². The Labute approximate surface area is 120 Å². The Morgan fingerprint density at radius 1 is 1.20 bits per heavy atom. The molecular formula is C15H26N2O3. The van der Waals surface area contributed by atoms with Crippen molar-refractivity contribution < 1.29 is 14.7 Å². The van der Waals surface area contributed by atoms with Crippen LogP contribution in [0.5, 0.6) is 0 Å². The van der Waals surface area contributed by atoms with Gasteiger partial charge in [0.15, 0.2) is 0 Å². The Hall–Kier alpha value is -1.10. The van der Waals surface area contributed by atoms with Gasteiger partial charge in [0.1, 0.15) is 0 Å². The minimum Gasteiger partial charge on any atom is -0.481 e. The van der Waals surface area contributed by atoms with Crippen molar-refractivity contribution in [3.05, 3.63) is 0 Å². The van der Waals surface area contributed by atoms with Gasteiger partial charge in [-0.3, -0.25) is 9.59 Å². The Bertz CT molecular complexity index is 351. The standard InChI is InChI=1S/C15H26N2O3/c1-10-3-2-8-16-13(10)14(18)17-9-11-4-6-12(7-5-11)15(19)20/h10-13,16H,2-9H2,1H3,(H,17,18)(H,19,20). The van der Waals surface area contributed by atoms with Gasteiger partial charge in [0.05, 0.1) is 12.0 Å². The van der Waals surface area contributed by atoms with E-state index in [0.717, 1.165) is 45.1 Å². The van der Waals surface area contributed by atoms with Gasteiger partial charge >= 0.3 is 5.97 Å². The number of piperidine rings is 1. The van der Waals surface area contributed by atoms with Crippen molar-refractivity contribution in [3.63, 3.8) is 0 Å². The average Bonchev–Trinajstić information content (AvgIpc) is 2.45. The summed E-state index contributed by atoms with van der Waals surface area (Å²) in [5, 5.41) is 15.3. The second-order valence-corrected chi connectivity index (χ2v) is 6.35. The Morgan fingerprint density at radius 3 is 2.50 bits per heavy atom. The molecule has 2 rings (SSSR count). The maximum absolute atomic E-state index is 12.2. The first-order valence-corrected chi connectivity index (χ1v) is 7.82. The maximum atomic E-state index is 12.2. The first kappa shape index (κ1) is 15.3. The molecule has 5 heteroatoms. The van der Waals surface area contributed by atoms with Gasteiger partial charge in [0, 0.05) is 6.54 Å². The van der Waals surface area contributed by atoms with Gasteiger partial charge in [-0.25, -0.2) is 0 Å². The largest absolute Gasteiger partial charge is 0.481 e. The van der Waals surface area contributed by atoms with E-state index in [-0.39, 0.29) is 17.9 Å². The fraction of sp³-hybridized carbons (Fsp3) is 0.867. The van der Waals surface area contributed by atoms with Crippen LogP contribution in [0, 0.1) is 17.8 Å². The lowest BCUT2D eigenvalue weighted by Crippen LogP contribution is -2.51. The van der Waals surface area contributed by atoms with E-state index < -0.39 is 5.97 Å². The molecule has 5 nitrogen and oxygen atoms in total. The summed E-state index contributed by atoms with van der Waals surface area (Å²) < 4.78 is 0. The summed E-state index contributed by atoms with van der Waals surface area (Å²) >= 11 is 0. The number of rotatable bonds is 4. The summed E-state index contributed by atoms with van der Waals surface area (Å²) in [6, 6.07) is -0.0564. The maximum Gasteiger partial charge on any atom is 0.306 e. The third kappa shape index (κ3) is 3.95. The Kier molecular flexibility index (Phi) is 5.40. The van der Waals surface area contributed by atoms with E-state index >= 15 is 0 Å². The zero-order chi connectivity index (χ0) is 14.5. The van der Waals surface area contributed by atoms with E-state index in [0.29, 0.717) is 18.4 Å². The van der Waals surface area contributed by atoms with Crippen LogP contribution in [0.1, 0.15) is 45.4 Å². The molecule has 3 N–H and O–H groups in total. The lowest BCUT2D eigenvalue weighted by Gasteiger charge is -2.30. The lowest BCUT2D eigenvalue weighted by atomic mass is 9.82. The third-order valence-electron chi connectivity index (χ3n) is 4.81. The van der Waals surface area contributed by atoms with E-state index in [1.165, 1.54) is 0 Å². The zero-order valence-corrected chi connectivity index (χ0v) is 12.2. The average molecular weight is 282 g/mol. The van der Waals surface area contributed by atoms with Gasteiger partial charge in [-0.2, -0.15) is 0 Å². The van der Waals surface area contributed by atoms with Crippen molar-refractivity contribution in [3.8, 4) is 0 Å². The van der Waals surface area contributed by atoms with Crippen LogP contribution < -0.4 is 10.6 Å². The molecule has 0 radical (unpaired) electrons. The molecule has 1 saturated heterocycles. The topological polar surface area (TPSA) is 78.4 Å². The quantitative estimate of drug-likeness (QED) is 0.728. The van der Waals surface area contributed by atoms with Crippen molar-refractivity contribution in [2.45, 2.75) is 51.5 Å². The smallest absolute Gasteiger partial charge is 0.306 e. The molecule has 2 atom stereocenters. The van der Waals surface area contributed by atoms with Gasteiger partial charge in [-0.15, -0.1) is 0 Å².